The fourth-order valence-corrected chi connectivity index (χ4v) is 11.2. The van der Waals surface area contributed by atoms with Crippen molar-refractivity contribution in [1.82, 2.24) is 0 Å². The average molecular weight is 487 g/mol. The second-order valence-corrected chi connectivity index (χ2v) is 16.6. The lowest BCUT2D eigenvalue weighted by atomic mass is 10.2. The maximum absolute atomic E-state index is 13.0. The molecule has 33 heavy (non-hydrogen) atoms. The van der Waals surface area contributed by atoms with Gasteiger partial charge in [0.2, 0.25) is 0 Å². The molecule has 6 nitrogen and oxygen atoms in total. The van der Waals surface area contributed by atoms with Crippen LogP contribution < -0.4 is 13.9 Å². The molecule has 0 aliphatic rings. The molecule has 8 heteroatoms. The number of anilines is 1. The molecule has 0 bridgehead atoms. The Morgan fingerprint density at radius 1 is 0.909 bits per heavy atom. The van der Waals surface area contributed by atoms with E-state index in [0.29, 0.717) is 32.5 Å². The van der Waals surface area contributed by atoms with Crippen molar-refractivity contribution in [2.45, 2.75) is 70.0 Å². The molecular formula is C25H34N2O4SSi. The van der Waals surface area contributed by atoms with Gasteiger partial charge in [-0.05, 0) is 53.9 Å². The van der Waals surface area contributed by atoms with E-state index in [2.05, 4.69) is 46.3 Å². The molecule has 0 fully saturated rings. The van der Waals surface area contributed by atoms with Crippen LogP contribution in [0.25, 0.3) is 10.9 Å². The molecule has 3 rings (SSSR count). The lowest BCUT2D eigenvalue weighted by Gasteiger charge is -2.42. The molecule has 0 saturated heterocycles. The number of nitrogens with zero attached hydrogens (tertiary/aromatic N) is 1. The first-order chi connectivity index (χ1) is 15.4. The van der Waals surface area contributed by atoms with Gasteiger partial charge in [0, 0.05) is 6.07 Å². The van der Waals surface area contributed by atoms with Gasteiger partial charge in [0.1, 0.15) is 11.4 Å². The molecule has 0 atom stereocenters. The van der Waals surface area contributed by atoms with Crippen molar-refractivity contribution in [2.24, 2.45) is 0 Å². The monoisotopic (exact) mass is 486 g/mol. The maximum Gasteiger partial charge on any atom is 0.262 e. The van der Waals surface area contributed by atoms with Crippen LogP contribution in [-0.4, -0.2) is 16.7 Å². The van der Waals surface area contributed by atoms with Gasteiger partial charge in [-0.2, -0.15) is 4.73 Å². The minimum atomic E-state index is -3.86. The summed E-state index contributed by atoms with van der Waals surface area (Å²) in [5.74, 6) is 0.622. The van der Waals surface area contributed by atoms with Gasteiger partial charge in [-0.25, -0.2) is 8.42 Å². The zero-order valence-corrected chi connectivity index (χ0v) is 22.2. The molecule has 0 radical (unpaired) electrons. The van der Waals surface area contributed by atoms with E-state index in [4.69, 9.17) is 4.43 Å². The Bertz CT molecular complexity index is 1220. The number of hydrogen-bond donors (Lipinski definition) is 1. The van der Waals surface area contributed by atoms with E-state index in [9.17, 15) is 13.6 Å². The average Bonchev–Trinajstić information content (AvgIpc) is 2.72. The number of pyridine rings is 1. The van der Waals surface area contributed by atoms with Crippen molar-refractivity contribution in [3.63, 3.8) is 0 Å². The molecular weight excluding hydrogens is 452 g/mol. The van der Waals surface area contributed by atoms with E-state index in [1.165, 1.54) is 6.20 Å². The number of rotatable bonds is 8. The number of hydrogen-bond acceptors (Lipinski definition) is 4. The van der Waals surface area contributed by atoms with E-state index in [0.717, 1.165) is 5.56 Å². The Morgan fingerprint density at radius 2 is 1.48 bits per heavy atom. The minimum absolute atomic E-state index is 0.140. The molecule has 178 valence electrons. The van der Waals surface area contributed by atoms with Crippen LogP contribution in [0.3, 0.4) is 0 Å². The largest absolute Gasteiger partial charge is 0.618 e. The molecule has 0 spiro atoms. The standard InChI is InChI=1S/C25H34N2O4SSi/c1-17(2)33(18(3)4,19(5)6)31-24-15-14-23(25-22(24)9-8-16-27(25)28)26-32(29,30)21-12-10-20(7)11-13-21/h8-19,26H,1-7H3. The van der Waals surface area contributed by atoms with Crippen molar-refractivity contribution in [3.05, 3.63) is 65.5 Å². The molecule has 1 aromatic heterocycles. The van der Waals surface area contributed by atoms with Crippen molar-refractivity contribution in [1.29, 1.82) is 0 Å². The number of fused-ring (bicyclic) bond motifs is 1. The molecule has 1 heterocycles. The van der Waals surface area contributed by atoms with Gasteiger partial charge in [-0.1, -0.05) is 59.2 Å². The zero-order chi connectivity index (χ0) is 24.6. The van der Waals surface area contributed by atoms with Crippen LogP contribution >= 0.6 is 0 Å². The third-order valence-electron chi connectivity index (χ3n) is 6.45. The van der Waals surface area contributed by atoms with E-state index in [-0.39, 0.29) is 16.1 Å². The van der Waals surface area contributed by atoms with Crippen LogP contribution in [0, 0.1) is 12.1 Å². The molecule has 0 aliphatic carbocycles. The summed E-state index contributed by atoms with van der Waals surface area (Å²) in [5, 5.41) is 13.4. The van der Waals surface area contributed by atoms with Crippen LogP contribution in [-0.2, 0) is 10.0 Å². The Hall–Kier alpha value is -2.58. The van der Waals surface area contributed by atoms with Crippen LogP contribution in [0.5, 0.6) is 5.75 Å². The van der Waals surface area contributed by atoms with Gasteiger partial charge in [0.15, 0.2) is 6.20 Å². The molecule has 0 aliphatic heterocycles. The quantitative estimate of drug-likeness (QED) is 0.236. The van der Waals surface area contributed by atoms with Gasteiger partial charge < -0.3 is 9.63 Å². The highest BCUT2D eigenvalue weighted by atomic mass is 32.2. The summed E-state index contributed by atoms with van der Waals surface area (Å²) in [6, 6.07) is 13.5. The predicted molar refractivity (Wildman–Crippen MR) is 137 cm³/mol. The zero-order valence-electron chi connectivity index (χ0n) is 20.4. The Morgan fingerprint density at radius 3 is 2.03 bits per heavy atom. The second-order valence-electron chi connectivity index (χ2n) is 9.55. The summed E-state index contributed by atoms with van der Waals surface area (Å²) in [4.78, 5) is 0.140. The SMILES string of the molecule is Cc1ccc(S(=O)(=O)Nc2ccc(O[Si](C(C)C)(C(C)C)C(C)C)c3ccc[n+]([O-])c23)cc1. The van der Waals surface area contributed by atoms with E-state index < -0.39 is 18.3 Å². The molecule has 0 amide bonds. The summed E-state index contributed by atoms with van der Waals surface area (Å²) < 4.78 is 36.1. The van der Waals surface area contributed by atoms with Crippen LogP contribution in [0.4, 0.5) is 5.69 Å². The van der Waals surface area contributed by atoms with Crippen molar-refractivity contribution in [2.75, 3.05) is 4.72 Å². The fraction of sp³-hybridized carbons (Fsp3) is 0.400. The number of nitrogens with one attached hydrogen (secondary N) is 1. The second kappa shape index (κ2) is 9.35. The van der Waals surface area contributed by atoms with Gasteiger partial charge in [0.05, 0.1) is 10.3 Å². The molecule has 0 unspecified atom stereocenters. The first-order valence-electron chi connectivity index (χ1n) is 11.3. The number of aryl methyl sites for hydroxylation is 1. The molecule has 0 saturated carbocycles. The topological polar surface area (TPSA) is 82.3 Å². The smallest absolute Gasteiger partial charge is 0.262 e. The summed E-state index contributed by atoms with van der Waals surface area (Å²) in [6.45, 7) is 15.1. The Balaban J connectivity index is 2.13. The van der Waals surface area contributed by atoms with Crippen molar-refractivity contribution < 1.29 is 17.6 Å². The summed E-state index contributed by atoms with van der Waals surface area (Å²) in [5.41, 5.74) is 2.50. The van der Waals surface area contributed by atoms with E-state index in [1.807, 2.05) is 13.0 Å². The van der Waals surface area contributed by atoms with E-state index >= 15 is 0 Å². The van der Waals surface area contributed by atoms with Crippen molar-refractivity contribution >= 4 is 34.9 Å². The van der Waals surface area contributed by atoms with Gasteiger partial charge in [-0.3, -0.25) is 4.72 Å². The molecule has 3 aromatic rings. The lowest BCUT2D eigenvalue weighted by molar-refractivity contribution is -0.576. The van der Waals surface area contributed by atoms with Crippen LogP contribution in [0.15, 0.2) is 59.6 Å². The molecule has 2 aromatic carbocycles. The number of benzene rings is 2. The van der Waals surface area contributed by atoms with Gasteiger partial charge in [0.25, 0.3) is 23.9 Å². The van der Waals surface area contributed by atoms with Gasteiger partial charge in [-0.15, -0.1) is 0 Å². The van der Waals surface area contributed by atoms with Crippen molar-refractivity contribution in [3.8, 4) is 5.75 Å². The third kappa shape index (κ3) is 4.72. The number of aromatic nitrogens is 1. The highest BCUT2D eigenvalue weighted by Crippen LogP contribution is 2.44. The highest BCUT2D eigenvalue weighted by molar-refractivity contribution is 7.92. The van der Waals surface area contributed by atoms with Crippen LogP contribution in [0.1, 0.15) is 47.1 Å². The molecule has 1 N–H and O–H groups in total. The van der Waals surface area contributed by atoms with Gasteiger partial charge >= 0.3 is 0 Å². The number of sulfonamides is 1. The third-order valence-corrected chi connectivity index (χ3v) is 13.8. The summed E-state index contributed by atoms with van der Waals surface area (Å²) in [7, 11) is -6.14. The minimum Gasteiger partial charge on any atom is -0.618 e. The van der Waals surface area contributed by atoms with E-state index in [1.54, 1.807) is 42.5 Å². The maximum atomic E-state index is 13.0. The Labute approximate surface area is 198 Å². The predicted octanol–water partition coefficient (Wildman–Crippen LogP) is 6.14. The first kappa shape index (κ1) is 25.0. The first-order valence-corrected chi connectivity index (χ1v) is 15.0. The fourth-order valence-electron chi connectivity index (χ4n) is 4.92. The lowest BCUT2D eigenvalue weighted by Crippen LogP contribution is -2.50. The highest BCUT2D eigenvalue weighted by Gasteiger charge is 2.47. The summed E-state index contributed by atoms with van der Waals surface area (Å²) >= 11 is 0. The Kier molecular flexibility index (Phi) is 7.09. The summed E-state index contributed by atoms with van der Waals surface area (Å²) in [6.07, 6.45) is 1.37. The normalized spacial score (nSPS) is 12.7. The van der Waals surface area contributed by atoms with Crippen LogP contribution in [0.2, 0.25) is 16.6 Å².